The Morgan fingerprint density at radius 2 is 2.15 bits per heavy atom. The molecule has 9 heteroatoms. The Morgan fingerprint density at radius 3 is 2.85 bits per heavy atom. The zero-order chi connectivity index (χ0) is 19.2. The van der Waals surface area contributed by atoms with E-state index in [-0.39, 0.29) is 17.8 Å². The minimum absolute atomic E-state index is 0.0570. The zero-order valence-electron chi connectivity index (χ0n) is 15.5. The summed E-state index contributed by atoms with van der Waals surface area (Å²) in [6.07, 6.45) is 1.21. The van der Waals surface area contributed by atoms with Crippen LogP contribution in [0.25, 0.3) is 0 Å². The summed E-state index contributed by atoms with van der Waals surface area (Å²) >= 11 is 1.41. The van der Waals surface area contributed by atoms with Gasteiger partial charge in [0.05, 0.1) is 6.04 Å². The lowest BCUT2D eigenvalue weighted by atomic mass is 9.94. The van der Waals surface area contributed by atoms with Gasteiger partial charge < -0.3 is 10.2 Å². The molecular formula is C18H25FN6OS. The molecule has 2 unspecified atom stereocenters. The van der Waals surface area contributed by atoms with Crippen molar-refractivity contribution in [3.63, 3.8) is 0 Å². The lowest BCUT2D eigenvalue weighted by Gasteiger charge is -2.24. The molecule has 0 saturated carbocycles. The van der Waals surface area contributed by atoms with E-state index < -0.39 is 0 Å². The molecule has 1 aromatic carbocycles. The fourth-order valence-electron chi connectivity index (χ4n) is 3.14. The van der Waals surface area contributed by atoms with Crippen molar-refractivity contribution in [2.45, 2.75) is 25.8 Å². The number of carbonyl (C=O) groups is 1. The molecule has 146 valence electrons. The van der Waals surface area contributed by atoms with E-state index >= 15 is 0 Å². The van der Waals surface area contributed by atoms with Crippen LogP contribution in [-0.4, -0.2) is 47.7 Å². The van der Waals surface area contributed by atoms with Crippen LogP contribution in [0, 0.1) is 11.7 Å². The van der Waals surface area contributed by atoms with E-state index in [9.17, 15) is 9.18 Å². The molecule has 3 rings (SSSR count). The molecule has 2 aromatic rings. The predicted octanol–water partition coefficient (Wildman–Crippen LogP) is 1.97. The van der Waals surface area contributed by atoms with Gasteiger partial charge in [0.1, 0.15) is 10.8 Å². The molecule has 0 bridgehead atoms. The second-order valence-corrected chi connectivity index (χ2v) is 7.79. The van der Waals surface area contributed by atoms with Crippen LogP contribution in [0.5, 0.6) is 0 Å². The van der Waals surface area contributed by atoms with E-state index in [0.29, 0.717) is 24.0 Å². The average Bonchev–Trinajstić information content (AvgIpc) is 3.30. The molecule has 2 atom stereocenters. The van der Waals surface area contributed by atoms with Crippen LogP contribution in [-0.2, 0) is 11.2 Å². The maximum Gasteiger partial charge on any atom is 0.227 e. The molecule has 0 spiro atoms. The summed E-state index contributed by atoms with van der Waals surface area (Å²) in [6, 6.07) is 6.71. The quantitative estimate of drug-likeness (QED) is 0.637. The largest absolute Gasteiger partial charge is 0.305 e. The Kier molecular flexibility index (Phi) is 6.84. The molecule has 1 saturated heterocycles. The second-order valence-electron chi connectivity index (χ2n) is 6.73. The number of aromatic nitrogens is 2. The van der Waals surface area contributed by atoms with Crippen molar-refractivity contribution in [2.75, 3.05) is 32.0 Å². The van der Waals surface area contributed by atoms with Crippen LogP contribution < -0.4 is 16.2 Å². The number of carbonyl (C=O) groups excluding carboxylic acids is 1. The summed E-state index contributed by atoms with van der Waals surface area (Å²) in [4.78, 5) is 14.3. The SMILES string of the molecule is CCc1nnc(NC(=O)CCN(C)CC2CNNC2c2ccc(F)cc2)s1. The van der Waals surface area contributed by atoms with Gasteiger partial charge in [0.2, 0.25) is 11.0 Å². The highest BCUT2D eigenvalue weighted by Crippen LogP contribution is 2.25. The number of rotatable bonds is 8. The molecule has 1 aliphatic rings. The highest BCUT2D eigenvalue weighted by molar-refractivity contribution is 7.15. The van der Waals surface area contributed by atoms with Crippen LogP contribution in [0.3, 0.4) is 0 Å². The summed E-state index contributed by atoms with van der Waals surface area (Å²) in [5.41, 5.74) is 7.50. The molecule has 1 amide bonds. The predicted molar refractivity (Wildman–Crippen MR) is 104 cm³/mol. The number of anilines is 1. The highest BCUT2D eigenvalue weighted by atomic mass is 32.1. The van der Waals surface area contributed by atoms with Crippen LogP contribution in [0.1, 0.15) is 30.0 Å². The third-order valence-electron chi connectivity index (χ3n) is 4.60. The van der Waals surface area contributed by atoms with E-state index in [0.717, 1.165) is 30.1 Å². The maximum absolute atomic E-state index is 13.1. The Labute approximate surface area is 162 Å². The van der Waals surface area contributed by atoms with E-state index in [1.54, 1.807) is 0 Å². The number of nitrogens with one attached hydrogen (secondary N) is 3. The lowest BCUT2D eigenvalue weighted by Crippen LogP contribution is -2.32. The molecule has 2 heterocycles. The van der Waals surface area contributed by atoms with Crippen molar-refractivity contribution in [1.29, 1.82) is 0 Å². The number of benzene rings is 1. The van der Waals surface area contributed by atoms with Crippen molar-refractivity contribution in [3.05, 3.63) is 40.7 Å². The number of hydrogen-bond acceptors (Lipinski definition) is 7. The van der Waals surface area contributed by atoms with Crippen molar-refractivity contribution >= 4 is 22.4 Å². The van der Waals surface area contributed by atoms with Crippen LogP contribution in [0.15, 0.2) is 24.3 Å². The minimum Gasteiger partial charge on any atom is -0.305 e. The first kappa shape index (κ1) is 19.8. The Morgan fingerprint density at radius 1 is 1.37 bits per heavy atom. The summed E-state index contributed by atoms with van der Waals surface area (Å²) in [6.45, 7) is 4.31. The highest BCUT2D eigenvalue weighted by Gasteiger charge is 2.29. The van der Waals surface area contributed by atoms with Crippen molar-refractivity contribution in [1.82, 2.24) is 25.9 Å². The lowest BCUT2D eigenvalue weighted by molar-refractivity contribution is -0.116. The Balaban J connectivity index is 1.46. The molecular weight excluding hydrogens is 367 g/mol. The molecule has 27 heavy (non-hydrogen) atoms. The standard InChI is InChI=1S/C18H25FN6OS/c1-3-16-22-24-18(27-16)21-15(26)8-9-25(2)11-13-10-20-23-17(13)12-4-6-14(19)7-5-12/h4-7,13,17,20,23H,3,8-11H2,1-2H3,(H,21,24,26). The third-order valence-corrected chi connectivity index (χ3v) is 5.59. The van der Waals surface area contributed by atoms with Crippen molar-refractivity contribution < 1.29 is 9.18 Å². The normalized spacial score (nSPS) is 19.6. The van der Waals surface area contributed by atoms with Gasteiger partial charge in [0, 0.05) is 32.0 Å². The molecule has 0 radical (unpaired) electrons. The number of amides is 1. The van der Waals surface area contributed by atoms with Crippen LogP contribution in [0.2, 0.25) is 0 Å². The summed E-state index contributed by atoms with van der Waals surface area (Å²) < 4.78 is 13.1. The zero-order valence-corrected chi connectivity index (χ0v) is 16.4. The first-order chi connectivity index (χ1) is 13.0. The molecule has 7 nitrogen and oxygen atoms in total. The van der Waals surface area contributed by atoms with Crippen LogP contribution >= 0.6 is 11.3 Å². The second kappa shape index (κ2) is 9.32. The smallest absolute Gasteiger partial charge is 0.227 e. The van der Waals surface area contributed by atoms with Crippen LogP contribution in [0.4, 0.5) is 9.52 Å². The van der Waals surface area contributed by atoms with Gasteiger partial charge in [0.25, 0.3) is 0 Å². The average molecular weight is 393 g/mol. The molecule has 1 aliphatic heterocycles. The number of nitrogens with zero attached hydrogens (tertiary/aromatic N) is 3. The van der Waals surface area contributed by atoms with E-state index in [2.05, 4.69) is 31.3 Å². The molecule has 0 aliphatic carbocycles. The summed E-state index contributed by atoms with van der Waals surface area (Å²) in [7, 11) is 2.01. The van der Waals surface area contributed by atoms with Gasteiger partial charge in [-0.2, -0.15) is 0 Å². The topological polar surface area (TPSA) is 82.2 Å². The Hall–Kier alpha value is -1.94. The maximum atomic E-state index is 13.1. The van der Waals surface area contributed by atoms with Gasteiger partial charge in [-0.3, -0.25) is 10.2 Å². The fraction of sp³-hybridized carbons (Fsp3) is 0.500. The number of hydrogen-bond donors (Lipinski definition) is 3. The van der Waals surface area contributed by atoms with Crippen molar-refractivity contribution in [2.24, 2.45) is 5.92 Å². The minimum atomic E-state index is -0.231. The van der Waals surface area contributed by atoms with Gasteiger partial charge >= 0.3 is 0 Å². The van der Waals surface area contributed by atoms with Gasteiger partial charge in [-0.25, -0.2) is 9.82 Å². The van der Waals surface area contributed by atoms with E-state index in [1.807, 2.05) is 26.1 Å². The summed E-state index contributed by atoms with van der Waals surface area (Å²) in [5, 5.41) is 12.2. The number of halogens is 1. The summed E-state index contributed by atoms with van der Waals surface area (Å²) in [5.74, 6) is 0.0445. The third kappa shape index (κ3) is 5.52. The van der Waals surface area contributed by atoms with Gasteiger partial charge in [0.15, 0.2) is 0 Å². The van der Waals surface area contributed by atoms with Gasteiger partial charge in [-0.15, -0.1) is 10.2 Å². The number of hydrazine groups is 1. The molecule has 1 fully saturated rings. The van der Waals surface area contributed by atoms with Gasteiger partial charge in [-0.1, -0.05) is 30.4 Å². The Bertz CT molecular complexity index is 753. The molecule has 3 N–H and O–H groups in total. The first-order valence-electron chi connectivity index (χ1n) is 9.09. The first-order valence-corrected chi connectivity index (χ1v) is 9.91. The van der Waals surface area contributed by atoms with E-state index in [1.165, 1.54) is 23.5 Å². The fourth-order valence-corrected chi connectivity index (χ4v) is 3.84. The van der Waals surface area contributed by atoms with E-state index in [4.69, 9.17) is 0 Å². The molecule has 1 aromatic heterocycles. The van der Waals surface area contributed by atoms with Gasteiger partial charge in [-0.05, 0) is 31.2 Å². The van der Waals surface area contributed by atoms with Crippen molar-refractivity contribution in [3.8, 4) is 0 Å². The monoisotopic (exact) mass is 392 g/mol. The number of aryl methyl sites for hydroxylation is 1.